The first kappa shape index (κ1) is 15.0. The molecule has 2 amide bonds. The van der Waals surface area contributed by atoms with Gasteiger partial charge in [-0.2, -0.15) is 0 Å². The van der Waals surface area contributed by atoms with Crippen LogP contribution in [0.4, 0.5) is 0 Å². The smallest absolute Gasteiger partial charge is 0.268 e. The van der Waals surface area contributed by atoms with Crippen LogP contribution in [-0.2, 0) is 4.79 Å². The highest BCUT2D eigenvalue weighted by Crippen LogP contribution is 2.12. The van der Waals surface area contributed by atoms with Crippen LogP contribution in [0, 0.1) is 0 Å². The monoisotopic (exact) mass is 260 g/mol. The Kier molecular flexibility index (Phi) is 4.87. The predicted octanol–water partition coefficient (Wildman–Crippen LogP) is 2.53. The van der Waals surface area contributed by atoms with E-state index in [1.54, 1.807) is 37.3 Å². The number of rotatable bonds is 2. The summed E-state index contributed by atoms with van der Waals surface area (Å²) in [6.45, 7) is 7.34. The number of carbonyl (C=O) groups excluding carboxylic acids is 2. The van der Waals surface area contributed by atoms with E-state index >= 15 is 0 Å². The summed E-state index contributed by atoms with van der Waals surface area (Å²) in [5, 5.41) is 1.34. The fraction of sp³-hybridized carbons (Fsp3) is 0.333. The first-order chi connectivity index (χ1) is 8.86. The quantitative estimate of drug-likeness (QED) is 0.656. The Hall–Kier alpha value is -2.10. The van der Waals surface area contributed by atoms with Crippen LogP contribution in [0.5, 0.6) is 0 Å². The third-order valence-electron chi connectivity index (χ3n) is 2.45. The molecule has 1 aromatic carbocycles. The van der Waals surface area contributed by atoms with Gasteiger partial charge in [0.1, 0.15) is 0 Å². The zero-order chi connectivity index (χ0) is 14.5. The van der Waals surface area contributed by atoms with Crippen molar-refractivity contribution in [3.63, 3.8) is 0 Å². The third-order valence-corrected chi connectivity index (χ3v) is 2.45. The number of nitrogens with one attached hydrogen (secondary N) is 1. The van der Waals surface area contributed by atoms with E-state index < -0.39 is 5.54 Å². The molecule has 0 saturated carbocycles. The number of hydrogen-bond donors (Lipinski definition) is 1. The van der Waals surface area contributed by atoms with Crippen molar-refractivity contribution in [2.75, 3.05) is 0 Å². The molecule has 1 rings (SSSR count). The maximum atomic E-state index is 12.1. The molecule has 0 unspecified atom stereocenters. The van der Waals surface area contributed by atoms with Crippen LogP contribution in [0.3, 0.4) is 0 Å². The van der Waals surface area contributed by atoms with E-state index in [9.17, 15) is 9.59 Å². The molecule has 0 fully saturated rings. The largest absolute Gasteiger partial charge is 0.269 e. The normalized spacial score (nSPS) is 11.4. The van der Waals surface area contributed by atoms with Crippen molar-refractivity contribution >= 4 is 11.8 Å². The summed E-state index contributed by atoms with van der Waals surface area (Å²) in [6.07, 6.45) is 3.08. The Bertz CT molecular complexity index is 473. The fourth-order valence-electron chi connectivity index (χ4n) is 1.53. The van der Waals surface area contributed by atoms with Crippen molar-refractivity contribution in [2.45, 2.75) is 33.2 Å². The first-order valence-electron chi connectivity index (χ1n) is 6.19. The molecule has 0 aromatic heterocycles. The molecular weight excluding hydrogens is 240 g/mol. The van der Waals surface area contributed by atoms with Crippen molar-refractivity contribution in [2.24, 2.45) is 0 Å². The molecule has 1 N–H and O–H groups in total. The van der Waals surface area contributed by atoms with Crippen LogP contribution >= 0.6 is 0 Å². The van der Waals surface area contributed by atoms with Gasteiger partial charge in [0.2, 0.25) is 0 Å². The van der Waals surface area contributed by atoms with Gasteiger partial charge < -0.3 is 0 Å². The van der Waals surface area contributed by atoms with Gasteiger partial charge in [0.05, 0.1) is 5.54 Å². The van der Waals surface area contributed by atoms with Gasteiger partial charge in [0.25, 0.3) is 11.8 Å². The second kappa shape index (κ2) is 6.18. The minimum absolute atomic E-state index is 0.251. The number of benzene rings is 1. The number of allylic oxidation sites excluding steroid dienone is 1. The molecule has 0 atom stereocenters. The van der Waals surface area contributed by atoms with Crippen LogP contribution in [0.25, 0.3) is 0 Å². The molecule has 0 aliphatic heterocycles. The molecule has 4 nitrogen and oxygen atoms in total. The lowest BCUT2D eigenvalue weighted by Crippen LogP contribution is -2.55. The average molecular weight is 260 g/mol. The first-order valence-corrected chi connectivity index (χ1v) is 6.19. The van der Waals surface area contributed by atoms with Gasteiger partial charge in [-0.15, -0.1) is 0 Å². The Morgan fingerprint density at radius 2 is 1.74 bits per heavy atom. The highest BCUT2D eigenvalue weighted by atomic mass is 16.2. The SMILES string of the molecule is CC=CC(=O)N(NC(=O)c1ccccc1)C(C)(C)C. The highest BCUT2D eigenvalue weighted by Gasteiger charge is 2.27. The van der Waals surface area contributed by atoms with E-state index in [-0.39, 0.29) is 11.8 Å². The number of nitrogens with zero attached hydrogens (tertiary/aromatic N) is 1. The second-order valence-electron chi connectivity index (χ2n) is 5.15. The number of amides is 2. The number of hydrazine groups is 1. The number of carbonyl (C=O) groups is 2. The summed E-state index contributed by atoms with van der Waals surface area (Å²) in [5.74, 6) is -0.548. The van der Waals surface area contributed by atoms with Gasteiger partial charge in [-0.1, -0.05) is 24.3 Å². The summed E-state index contributed by atoms with van der Waals surface area (Å²) < 4.78 is 0. The van der Waals surface area contributed by atoms with Gasteiger partial charge in [0.15, 0.2) is 0 Å². The molecule has 0 aliphatic rings. The van der Waals surface area contributed by atoms with Crippen LogP contribution < -0.4 is 5.43 Å². The Balaban J connectivity index is 2.90. The molecule has 102 valence electrons. The van der Waals surface area contributed by atoms with Crippen LogP contribution in [0.15, 0.2) is 42.5 Å². The van der Waals surface area contributed by atoms with Gasteiger partial charge in [-0.25, -0.2) is 5.01 Å². The van der Waals surface area contributed by atoms with Gasteiger partial charge in [0, 0.05) is 11.6 Å². The van der Waals surface area contributed by atoms with Gasteiger partial charge in [-0.3, -0.25) is 15.0 Å². The fourth-order valence-corrected chi connectivity index (χ4v) is 1.53. The van der Waals surface area contributed by atoms with Crippen molar-refractivity contribution < 1.29 is 9.59 Å². The lowest BCUT2D eigenvalue weighted by molar-refractivity contribution is -0.133. The summed E-state index contributed by atoms with van der Waals surface area (Å²) in [4.78, 5) is 24.1. The molecule has 0 bridgehead atoms. The molecule has 1 aromatic rings. The van der Waals surface area contributed by atoms with E-state index in [2.05, 4.69) is 5.43 Å². The van der Waals surface area contributed by atoms with Crippen LogP contribution in [-0.4, -0.2) is 22.4 Å². The zero-order valence-corrected chi connectivity index (χ0v) is 11.8. The standard InChI is InChI=1S/C15H20N2O2/c1-5-9-13(18)17(15(2,3)4)16-14(19)12-10-7-6-8-11-12/h5-11H,1-4H3,(H,16,19). The minimum atomic E-state index is -0.499. The molecule has 19 heavy (non-hydrogen) atoms. The van der Waals surface area contributed by atoms with E-state index in [4.69, 9.17) is 0 Å². The summed E-state index contributed by atoms with van der Waals surface area (Å²) >= 11 is 0. The minimum Gasteiger partial charge on any atom is -0.268 e. The van der Waals surface area contributed by atoms with Gasteiger partial charge in [-0.05, 0) is 39.8 Å². The molecule has 0 saturated heterocycles. The summed E-state index contributed by atoms with van der Waals surface area (Å²) in [5.41, 5.74) is 2.67. The Morgan fingerprint density at radius 1 is 1.16 bits per heavy atom. The van der Waals surface area contributed by atoms with E-state index in [1.165, 1.54) is 11.1 Å². The average Bonchev–Trinajstić information content (AvgIpc) is 2.35. The summed E-state index contributed by atoms with van der Waals surface area (Å²) in [7, 11) is 0. The Morgan fingerprint density at radius 3 is 2.21 bits per heavy atom. The van der Waals surface area contributed by atoms with Crippen molar-refractivity contribution in [3.05, 3.63) is 48.0 Å². The molecular formula is C15H20N2O2. The molecule has 0 spiro atoms. The number of hydrogen-bond acceptors (Lipinski definition) is 2. The molecule has 0 aliphatic carbocycles. The summed E-state index contributed by atoms with van der Waals surface area (Å²) in [6, 6.07) is 8.81. The predicted molar refractivity (Wildman–Crippen MR) is 75.3 cm³/mol. The zero-order valence-electron chi connectivity index (χ0n) is 11.8. The van der Waals surface area contributed by atoms with Crippen molar-refractivity contribution in [1.82, 2.24) is 10.4 Å². The highest BCUT2D eigenvalue weighted by molar-refractivity contribution is 5.97. The molecule has 4 heteroatoms. The lowest BCUT2D eigenvalue weighted by Gasteiger charge is -2.34. The van der Waals surface area contributed by atoms with Crippen molar-refractivity contribution in [1.29, 1.82) is 0 Å². The van der Waals surface area contributed by atoms with E-state index in [0.717, 1.165) is 0 Å². The molecule has 0 radical (unpaired) electrons. The Labute approximate surface area is 114 Å². The maximum absolute atomic E-state index is 12.1. The third kappa shape index (κ3) is 4.25. The maximum Gasteiger partial charge on any atom is 0.269 e. The van der Waals surface area contributed by atoms with Crippen LogP contribution in [0.2, 0.25) is 0 Å². The van der Waals surface area contributed by atoms with Gasteiger partial charge >= 0.3 is 0 Å². The van der Waals surface area contributed by atoms with Crippen molar-refractivity contribution in [3.8, 4) is 0 Å². The van der Waals surface area contributed by atoms with Crippen LogP contribution in [0.1, 0.15) is 38.1 Å². The topological polar surface area (TPSA) is 49.4 Å². The second-order valence-corrected chi connectivity index (χ2v) is 5.15. The lowest BCUT2D eigenvalue weighted by atomic mass is 10.1. The molecule has 0 heterocycles. The van der Waals surface area contributed by atoms with E-state index in [0.29, 0.717) is 5.56 Å². The van der Waals surface area contributed by atoms with E-state index in [1.807, 2.05) is 26.8 Å².